The lowest BCUT2D eigenvalue weighted by Crippen LogP contribution is -2.15. The molecule has 130 valence electrons. The van der Waals surface area contributed by atoms with E-state index >= 15 is 0 Å². The summed E-state index contributed by atoms with van der Waals surface area (Å²) in [5.74, 6) is 0.536. The summed E-state index contributed by atoms with van der Waals surface area (Å²) in [6.45, 7) is 3.99. The van der Waals surface area contributed by atoms with Gasteiger partial charge < -0.3 is 5.32 Å². The average molecular weight is 346 g/mol. The van der Waals surface area contributed by atoms with E-state index in [-0.39, 0.29) is 12.3 Å². The standard InChI is InChI=1S/C19H18N6O/c1-13-9-14(2)25(23-13)16-5-3-15(4-6-16)10-19(26)22-18-12-21-17-11-20-7-8-24(17)18/h3-9,11-12H,10H2,1-2H3,(H,22,26). The van der Waals surface area contributed by atoms with Crippen LogP contribution in [0.5, 0.6) is 0 Å². The van der Waals surface area contributed by atoms with Gasteiger partial charge in [0.15, 0.2) is 5.65 Å². The highest BCUT2D eigenvalue weighted by Gasteiger charge is 2.09. The van der Waals surface area contributed by atoms with E-state index in [1.165, 1.54) is 0 Å². The first-order valence-corrected chi connectivity index (χ1v) is 8.30. The Morgan fingerprint density at radius 3 is 2.69 bits per heavy atom. The van der Waals surface area contributed by atoms with Crippen molar-refractivity contribution < 1.29 is 4.79 Å². The van der Waals surface area contributed by atoms with Gasteiger partial charge in [0.05, 0.1) is 30.2 Å². The number of imidazole rings is 1. The minimum Gasteiger partial charge on any atom is -0.310 e. The van der Waals surface area contributed by atoms with Crippen LogP contribution < -0.4 is 5.32 Å². The molecule has 0 aliphatic carbocycles. The summed E-state index contributed by atoms with van der Waals surface area (Å²) >= 11 is 0. The van der Waals surface area contributed by atoms with Gasteiger partial charge in [-0.15, -0.1) is 0 Å². The highest BCUT2D eigenvalue weighted by atomic mass is 16.1. The van der Waals surface area contributed by atoms with E-state index in [4.69, 9.17) is 0 Å². The van der Waals surface area contributed by atoms with E-state index in [2.05, 4.69) is 20.4 Å². The number of nitrogens with one attached hydrogen (secondary N) is 1. The molecular formula is C19H18N6O. The highest BCUT2D eigenvalue weighted by Crippen LogP contribution is 2.14. The predicted octanol–water partition coefficient (Wildman–Crippen LogP) is 2.71. The molecule has 0 aliphatic rings. The summed E-state index contributed by atoms with van der Waals surface area (Å²) in [5.41, 5.74) is 4.67. The van der Waals surface area contributed by atoms with E-state index in [0.717, 1.165) is 22.6 Å². The fourth-order valence-electron chi connectivity index (χ4n) is 2.95. The van der Waals surface area contributed by atoms with E-state index in [9.17, 15) is 4.79 Å². The minimum atomic E-state index is -0.0949. The Labute approximate surface area is 150 Å². The highest BCUT2D eigenvalue weighted by molar-refractivity contribution is 5.91. The third-order valence-electron chi connectivity index (χ3n) is 4.14. The number of carbonyl (C=O) groups is 1. The number of carbonyl (C=O) groups excluding carboxylic acids is 1. The van der Waals surface area contributed by atoms with Gasteiger partial charge in [-0.3, -0.25) is 14.2 Å². The fourth-order valence-corrected chi connectivity index (χ4v) is 2.95. The van der Waals surface area contributed by atoms with Crippen LogP contribution in [0.4, 0.5) is 5.82 Å². The van der Waals surface area contributed by atoms with Crippen molar-refractivity contribution in [2.24, 2.45) is 0 Å². The van der Waals surface area contributed by atoms with Crippen LogP contribution in [0.15, 0.2) is 55.1 Å². The van der Waals surface area contributed by atoms with Crippen LogP contribution in [-0.2, 0) is 11.2 Å². The second-order valence-electron chi connectivity index (χ2n) is 6.18. The lowest BCUT2D eigenvalue weighted by molar-refractivity contribution is -0.115. The van der Waals surface area contributed by atoms with Gasteiger partial charge >= 0.3 is 0 Å². The van der Waals surface area contributed by atoms with Gasteiger partial charge in [0, 0.05) is 18.1 Å². The molecule has 1 amide bonds. The van der Waals surface area contributed by atoms with Gasteiger partial charge in [-0.1, -0.05) is 12.1 Å². The van der Waals surface area contributed by atoms with Crippen molar-refractivity contribution >= 4 is 17.4 Å². The zero-order valence-electron chi connectivity index (χ0n) is 14.5. The number of aryl methyl sites for hydroxylation is 2. The Bertz CT molecular complexity index is 1080. The van der Waals surface area contributed by atoms with Crippen molar-refractivity contribution in [3.8, 4) is 5.69 Å². The molecule has 1 aromatic carbocycles. The number of amides is 1. The van der Waals surface area contributed by atoms with Crippen LogP contribution in [0.1, 0.15) is 17.0 Å². The fraction of sp³-hybridized carbons (Fsp3) is 0.158. The Morgan fingerprint density at radius 2 is 1.96 bits per heavy atom. The van der Waals surface area contributed by atoms with E-state index in [1.54, 1.807) is 29.2 Å². The lowest BCUT2D eigenvalue weighted by Gasteiger charge is -2.07. The van der Waals surface area contributed by atoms with E-state index < -0.39 is 0 Å². The maximum atomic E-state index is 12.4. The maximum Gasteiger partial charge on any atom is 0.229 e. The first-order valence-electron chi connectivity index (χ1n) is 8.30. The second-order valence-corrected chi connectivity index (χ2v) is 6.18. The van der Waals surface area contributed by atoms with Crippen molar-refractivity contribution in [2.75, 3.05) is 5.32 Å². The smallest absolute Gasteiger partial charge is 0.229 e. The van der Waals surface area contributed by atoms with Crippen molar-refractivity contribution in [1.29, 1.82) is 0 Å². The topological polar surface area (TPSA) is 77.1 Å². The maximum absolute atomic E-state index is 12.4. The quantitative estimate of drug-likeness (QED) is 0.616. The molecule has 0 saturated heterocycles. The van der Waals surface area contributed by atoms with Gasteiger partial charge in [-0.25, -0.2) is 9.67 Å². The van der Waals surface area contributed by atoms with E-state index in [1.807, 2.05) is 48.9 Å². The molecule has 4 aromatic rings. The number of fused-ring (bicyclic) bond motifs is 1. The predicted molar refractivity (Wildman–Crippen MR) is 98.4 cm³/mol. The number of hydrogen-bond acceptors (Lipinski definition) is 4. The number of aromatic nitrogens is 5. The van der Waals surface area contributed by atoms with Gasteiger partial charge in [0.25, 0.3) is 0 Å². The first-order chi connectivity index (χ1) is 12.6. The number of hydrogen-bond donors (Lipinski definition) is 1. The Morgan fingerprint density at radius 1 is 1.15 bits per heavy atom. The van der Waals surface area contributed by atoms with Crippen LogP contribution >= 0.6 is 0 Å². The molecule has 0 spiro atoms. The summed E-state index contributed by atoms with van der Waals surface area (Å²) in [6, 6.07) is 9.88. The third-order valence-corrected chi connectivity index (χ3v) is 4.14. The summed E-state index contributed by atoms with van der Waals surface area (Å²) < 4.78 is 3.68. The van der Waals surface area contributed by atoms with E-state index in [0.29, 0.717) is 11.5 Å². The Hall–Kier alpha value is -3.48. The molecule has 7 nitrogen and oxygen atoms in total. The largest absolute Gasteiger partial charge is 0.310 e. The number of rotatable bonds is 4. The summed E-state index contributed by atoms with van der Waals surface area (Å²) in [5, 5.41) is 7.36. The number of benzene rings is 1. The summed E-state index contributed by atoms with van der Waals surface area (Å²) in [6.07, 6.45) is 6.98. The van der Waals surface area contributed by atoms with Gasteiger partial charge in [0.2, 0.25) is 5.91 Å². The van der Waals surface area contributed by atoms with Crippen LogP contribution in [0, 0.1) is 13.8 Å². The molecule has 0 atom stereocenters. The minimum absolute atomic E-state index is 0.0949. The molecular weight excluding hydrogens is 328 g/mol. The molecule has 26 heavy (non-hydrogen) atoms. The van der Waals surface area contributed by atoms with Gasteiger partial charge in [-0.2, -0.15) is 5.10 Å². The summed E-state index contributed by atoms with van der Waals surface area (Å²) in [4.78, 5) is 20.6. The van der Waals surface area contributed by atoms with Crippen LogP contribution in [0.25, 0.3) is 11.3 Å². The second kappa shape index (κ2) is 6.44. The molecule has 4 rings (SSSR count). The molecule has 0 bridgehead atoms. The molecule has 0 aliphatic heterocycles. The molecule has 0 radical (unpaired) electrons. The van der Waals surface area contributed by atoms with Crippen LogP contribution in [0.3, 0.4) is 0 Å². The van der Waals surface area contributed by atoms with Crippen molar-refractivity contribution in [3.05, 3.63) is 72.1 Å². The Kier molecular flexibility index (Phi) is 3.96. The Balaban J connectivity index is 1.47. The normalized spacial score (nSPS) is 11.0. The average Bonchev–Trinajstić information content (AvgIpc) is 3.18. The zero-order chi connectivity index (χ0) is 18.1. The molecule has 0 fully saturated rings. The molecule has 7 heteroatoms. The molecule has 0 unspecified atom stereocenters. The van der Waals surface area contributed by atoms with Crippen LogP contribution in [0.2, 0.25) is 0 Å². The summed E-state index contributed by atoms with van der Waals surface area (Å²) in [7, 11) is 0. The molecule has 3 heterocycles. The number of nitrogens with zero attached hydrogens (tertiary/aromatic N) is 5. The van der Waals surface area contributed by atoms with Crippen molar-refractivity contribution in [3.63, 3.8) is 0 Å². The molecule has 1 N–H and O–H groups in total. The number of anilines is 1. The van der Waals surface area contributed by atoms with Gasteiger partial charge in [-0.05, 0) is 37.6 Å². The molecule has 0 saturated carbocycles. The monoisotopic (exact) mass is 346 g/mol. The van der Waals surface area contributed by atoms with Crippen molar-refractivity contribution in [1.82, 2.24) is 24.1 Å². The lowest BCUT2D eigenvalue weighted by atomic mass is 10.1. The molecule has 3 aromatic heterocycles. The van der Waals surface area contributed by atoms with Crippen molar-refractivity contribution in [2.45, 2.75) is 20.3 Å². The van der Waals surface area contributed by atoms with Crippen LogP contribution in [-0.4, -0.2) is 30.1 Å². The first kappa shape index (κ1) is 16.0. The zero-order valence-corrected chi connectivity index (χ0v) is 14.5. The third kappa shape index (κ3) is 3.06. The SMILES string of the molecule is Cc1cc(C)n(-c2ccc(CC(=O)Nc3cnc4cnccn34)cc2)n1. The van der Waals surface area contributed by atoms with Gasteiger partial charge in [0.1, 0.15) is 5.82 Å².